The first-order valence-corrected chi connectivity index (χ1v) is 7.15. The average Bonchev–Trinajstić information content (AvgIpc) is 3.07. The van der Waals surface area contributed by atoms with Crippen molar-refractivity contribution in [3.05, 3.63) is 57.3 Å². The fourth-order valence-electron chi connectivity index (χ4n) is 2.47. The van der Waals surface area contributed by atoms with Crippen LogP contribution in [0, 0.1) is 0 Å². The zero-order chi connectivity index (χ0) is 14.1. The number of carbonyl (C=O) groups excluding carboxylic acids is 1. The molecule has 0 N–H and O–H groups in total. The van der Waals surface area contributed by atoms with E-state index in [1.165, 1.54) is 12.7 Å². The average molecular weight is 286 g/mol. The molecule has 2 aromatic rings. The molecular weight excluding hydrogens is 272 g/mol. The van der Waals surface area contributed by atoms with Gasteiger partial charge in [0.15, 0.2) is 0 Å². The maximum Gasteiger partial charge on any atom is 0.334 e. The lowest BCUT2D eigenvalue weighted by molar-refractivity contribution is -0.136. The normalized spacial score (nSPS) is 13.3. The Morgan fingerprint density at radius 3 is 2.55 bits per heavy atom. The molecule has 3 nitrogen and oxygen atoms in total. The van der Waals surface area contributed by atoms with Gasteiger partial charge in [-0.25, -0.2) is 4.79 Å². The van der Waals surface area contributed by atoms with Gasteiger partial charge in [0.05, 0.1) is 19.8 Å². The van der Waals surface area contributed by atoms with Gasteiger partial charge in [0.2, 0.25) is 0 Å². The Hall–Kier alpha value is -2.07. The lowest BCUT2D eigenvalue weighted by atomic mass is 10.0. The minimum Gasteiger partial charge on any atom is -0.497 e. The number of carbonyl (C=O) groups is 1. The summed E-state index contributed by atoms with van der Waals surface area (Å²) in [4.78, 5) is 13.1. The molecule has 1 aromatic heterocycles. The third-order valence-electron chi connectivity index (χ3n) is 3.45. The molecule has 0 spiro atoms. The Balaban J connectivity index is 2.12. The summed E-state index contributed by atoms with van der Waals surface area (Å²) in [6.07, 6.45) is 0.646. The van der Waals surface area contributed by atoms with Gasteiger partial charge in [-0.3, -0.25) is 0 Å². The smallest absolute Gasteiger partial charge is 0.334 e. The van der Waals surface area contributed by atoms with E-state index in [0.717, 1.165) is 27.3 Å². The summed E-state index contributed by atoms with van der Waals surface area (Å²) in [7, 11) is 3.06. The standard InChI is InChI=1S/C16H14O3S/c1-18-12-5-3-10(4-6-12)14-13(16(17)19-2)9-11-7-8-20-15(11)14/h3-8H,9H2,1-2H3. The van der Waals surface area contributed by atoms with E-state index in [0.29, 0.717) is 6.42 Å². The topological polar surface area (TPSA) is 35.5 Å². The highest BCUT2D eigenvalue weighted by Gasteiger charge is 2.28. The number of ether oxygens (including phenoxy) is 2. The molecule has 0 fully saturated rings. The SMILES string of the molecule is COC(=O)C1=C(c2ccc(OC)cc2)c2sccc2C1. The Morgan fingerprint density at radius 1 is 1.15 bits per heavy atom. The maximum absolute atomic E-state index is 12.0. The van der Waals surface area contributed by atoms with Crippen LogP contribution < -0.4 is 4.74 Å². The van der Waals surface area contributed by atoms with Gasteiger partial charge in [0.25, 0.3) is 0 Å². The van der Waals surface area contributed by atoms with Crippen LogP contribution in [0.15, 0.2) is 41.3 Å². The molecule has 1 heterocycles. The molecule has 0 atom stereocenters. The van der Waals surface area contributed by atoms with Crippen LogP contribution in [0.1, 0.15) is 16.0 Å². The van der Waals surface area contributed by atoms with E-state index in [-0.39, 0.29) is 5.97 Å². The van der Waals surface area contributed by atoms with Gasteiger partial charge >= 0.3 is 5.97 Å². The highest BCUT2D eigenvalue weighted by Crippen LogP contribution is 2.41. The number of esters is 1. The molecule has 1 aliphatic rings. The lowest BCUT2D eigenvalue weighted by Crippen LogP contribution is -2.06. The lowest BCUT2D eigenvalue weighted by Gasteiger charge is -2.08. The van der Waals surface area contributed by atoms with E-state index < -0.39 is 0 Å². The summed E-state index contributed by atoms with van der Waals surface area (Å²) in [5.41, 5.74) is 3.94. The molecule has 1 aromatic carbocycles. The molecule has 102 valence electrons. The van der Waals surface area contributed by atoms with Crippen molar-refractivity contribution in [1.82, 2.24) is 0 Å². The second-order valence-electron chi connectivity index (χ2n) is 4.53. The van der Waals surface area contributed by atoms with Crippen molar-refractivity contribution >= 4 is 22.9 Å². The van der Waals surface area contributed by atoms with Gasteiger partial charge in [0.1, 0.15) is 5.75 Å². The third-order valence-corrected chi connectivity index (χ3v) is 4.43. The number of hydrogen-bond donors (Lipinski definition) is 0. The van der Waals surface area contributed by atoms with Gasteiger partial charge in [-0.05, 0) is 34.7 Å². The number of methoxy groups -OCH3 is 2. The minimum absolute atomic E-state index is 0.251. The number of hydrogen-bond acceptors (Lipinski definition) is 4. The molecule has 0 radical (unpaired) electrons. The van der Waals surface area contributed by atoms with Crippen molar-refractivity contribution in [2.75, 3.05) is 14.2 Å². The molecule has 0 saturated carbocycles. The second-order valence-corrected chi connectivity index (χ2v) is 5.44. The maximum atomic E-state index is 12.0. The summed E-state index contributed by atoms with van der Waals surface area (Å²) in [6, 6.07) is 9.84. The number of rotatable bonds is 3. The van der Waals surface area contributed by atoms with Crippen molar-refractivity contribution in [3.63, 3.8) is 0 Å². The molecule has 0 saturated heterocycles. The van der Waals surface area contributed by atoms with Crippen LogP contribution in [0.4, 0.5) is 0 Å². The Morgan fingerprint density at radius 2 is 1.90 bits per heavy atom. The number of benzene rings is 1. The van der Waals surface area contributed by atoms with Crippen LogP contribution in [-0.4, -0.2) is 20.2 Å². The van der Waals surface area contributed by atoms with Gasteiger partial charge < -0.3 is 9.47 Å². The molecule has 20 heavy (non-hydrogen) atoms. The summed E-state index contributed by atoms with van der Waals surface area (Å²) in [5.74, 6) is 0.553. The van der Waals surface area contributed by atoms with Crippen LogP contribution in [0.25, 0.3) is 5.57 Å². The molecule has 0 unspecified atom stereocenters. The predicted molar refractivity (Wildman–Crippen MR) is 79.1 cm³/mol. The largest absolute Gasteiger partial charge is 0.497 e. The van der Waals surface area contributed by atoms with Crippen LogP contribution in [-0.2, 0) is 16.0 Å². The number of fused-ring (bicyclic) bond motifs is 1. The van der Waals surface area contributed by atoms with Gasteiger partial charge in [-0.15, -0.1) is 11.3 Å². The Labute approximate surface area is 121 Å². The van der Waals surface area contributed by atoms with Crippen molar-refractivity contribution in [2.24, 2.45) is 0 Å². The fourth-order valence-corrected chi connectivity index (χ4v) is 3.49. The van der Waals surface area contributed by atoms with Gasteiger partial charge in [0, 0.05) is 16.9 Å². The fraction of sp³-hybridized carbons (Fsp3) is 0.188. The quantitative estimate of drug-likeness (QED) is 0.812. The van der Waals surface area contributed by atoms with E-state index in [1.54, 1.807) is 18.4 Å². The molecule has 0 aliphatic heterocycles. The molecule has 4 heteroatoms. The highest BCUT2D eigenvalue weighted by atomic mass is 32.1. The monoisotopic (exact) mass is 286 g/mol. The molecule has 0 amide bonds. The van der Waals surface area contributed by atoms with E-state index in [4.69, 9.17) is 9.47 Å². The van der Waals surface area contributed by atoms with Gasteiger partial charge in [-0.1, -0.05) is 12.1 Å². The molecule has 0 bridgehead atoms. The summed E-state index contributed by atoms with van der Waals surface area (Å²) < 4.78 is 10.1. The van der Waals surface area contributed by atoms with Crippen molar-refractivity contribution < 1.29 is 14.3 Å². The van der Waals surface area contributed by atoms with Crippen molar-refractivity contribution in [3.8, 4) is 5.75 Å². The van der Waals surface area contributed by atoms with Crippen LogP contribution in [0.2, 0.25) is 0 Å². The number of thiophene rings is 1. The van der Waals surface area contributed by atoms with Crippen LogP contribution in [0.3, 0.4) is 0 Å². The first-order chi connectivity index (χ1) is 9.74. The highest BCUT2D eigenvalue weighted by molar-refractivity contribution is 7.11. The van der Waals surface area contributed by atoms with Crippen molar-refractivity contribution in [1.29, 1.82) is 0 Å². The summed E-state index contributed by atoms with van der Waals surface area (Å²) in [6.45, 7) is 0. The van der Waals surface area contributed by atoms with E-state index >= 15 is 0 Å². The Kier molecular flexibility index (Phi) is 3.32. The van der Waals surface area contributed by atoms with Crippen molar-refractivity contribution in [2.45, 2.75) is 6.42 Å². The first-order valence-electron chi connectivity index (χ1n) is 6.27. The van der Waals surface area contributed by atoms with Crippen LogP contribution >= 0.6 is 11.3 Å². The third kappa shape index (κ3) is 2.02. The van der Waals surface area contributed by atoms with Gasteiger partial charge in [-0.2, -0.15) is 0 Å². The van der Waals surface area contributed by atoms with Crippen LogP contribution in [0.5, 0.6) is 5.75 Å². The van der Waals surface area contributed by atoms with E-state index in [1.807, 2.05) is 24.3 Å². The molecule has 3 rings (SSSR count). The van der Waals surface area contributed by atoms with E-state index in [2.05, 4.69) is 11.4 Å². The second kappa shape index (κ2) is 5.13. The zero-order valence-corrected chi connectivity index (χ0v) is 12.1. The molecule has 1 aliphatic carbocycles. The molecular formula is C16H14O3S. The predicted octanol–water partition coefficient (Wildman–Crippen LogP) is 3.29. The minimum atomic E-state index is -0.251. The first kappa shape index (κ1) is 12.9. The summed E-state index contributed by atoms with van der Waals surface area (Å²) >= 11 is 1.66. The summed E-state index contributed by atoms with van der Waals surface area (Å²) in [5, 5.41) is 2.06. The van der Waals surface area contributed by atoms with E-state index in [9.17, 15) is 4.79 Å². The zero-order valence-electron chi connectivity index (χ0n) is 11.3. The Bertz CT molecular complexity index is 680.